The third kappa shape index (κ3) is 3.59. The number of fused-ring (bicyclic) bond motifs is 1. The number of benzene rings is 1. The fourth-order valence-electron chi connectivity index (χ4n) is 3.42. The summed E-state index contributed by atoms with van der Waals surface area (Å²) >= 11 is 0. The zero-order chi connectivity index (χ0) is 20.4. The van der Waals surface area contributed by atoms with Crippen molar-refractivity contribution >= 4 is 11.8 Å². The SMILES string of the molecule is Cc1c(C(=O)N2CCN(C(=O)CC#N)CC2)nnn1-c1ccc2c(c1)OCCO2. The molecule has 0 bridgehead atoms. The highest BCUT2D eigenvalue weighted by Gasteiger charge is 2.28. The van der Waals surface area contributed by atoms with Crippen molar-refractivity contribution < 1.29 is 19.1 Å². The summed E-state index contributed by atoms with van der Waals surface area (Å²) in [7, 11) is 0. The van der Waals surface area contributed by atoms with Crippen LogP contribution >= 0.6 is 0 Å². The van der Waals surface area contributed by atoms with Gasteiger partial charge in [0, 0.05) is 32.2 Å². The van der Waals surface area contributed by atoms with E-state index in [0.717, 1.165) is 5.69 Å². The Kier molecular flexibility index (Phi) is 5.03. The third-order valence-corrected chi connectivity index (χ3v) is 5.02. The summed E-state index contributed by atoms with van der Waals surface area (Å²) in [5.41, 5.74) is 1.62. The van der Waals surface area contributed by atoms with E-state index in [1.165, 1.54) is 0 Å². The summed E-state index contributed by atoms with van der Waals surface area (Å²) in [5, 5.41) is 16.9. The van der Waals surface area contributed by atoms with Crippen LogP contribution < -0.4 is 9.47 Å². The Morgan fingerprint density at radius 3 is 2.52 bits per heavy atom. The number of aromatic nitrogens is 3. The third-order valence-electron chi connectivity index (χ3n) is 5.02. The highest BCUT2D eigenvalue weighted by atomic mass is 16.6. The zero-order valence-electron chi connectivity index (χ0n) is 16.0. The standard InChI is InChI=1S/C19H20N6O4/c1-13-18(19(27)24-8-6-23(7-9-24)17(26)4-5-20)21-22-25(13)14-2-3-15-16(12-14)29-11-10-28-15/h2-3,12H,4,6-11H2,1H3. The van der Waals surface area contributed by atoms with Crippen molar-refractivity contribution in [3.63, 3.8) is 0 Å². The molecule has 0 radical (unpaired) electrons. The van der Waals surface area contributed by atoms with Crippen LogP contribution in [0.5, 0.6) is 11.5 Å². The molecular formula is C19H20N6O4. The van der Waals surface area contributed by atoms with Gasteiger partial charge in [0.2, 0.25) is 5.91 Å². The van der Waals surface area contributed by atoms with Crippen molar-refractivity contribution in [3.05, 3.63) is 29.6 Å². The van der Waals surface area contributed by atoms with Crippen LogP contribution in [-0.2, 0) is 4.79 Å². The first-order valence-corrected chi connectivity index (χ1v) is 9.35. The van der Waals surface area contributed by atoms with Crippen molar-refractivity contribution in [2.75, 3.05) is 39.4 Å². The van der Waals surface area contributed by atoms with Gasteiger partial charge in [-0.2, -0.15) is 5.26 Å². The maximum absolute atomic E-state index is 12.9. The van der Waals surface area contributed by atoms with Gasteiger partial charge >= 0.3 is 0 Å². The van der Waals surface area contributed by atoms with Gasteiger partial charge in [0.15, 0.2) is 17.2 Å². The molecule has 10 nitrogen and oxygen atoms in total. The second kappa shape index (κ2) is 7.79. The van der Waals surface area contributed by atoms with E-state index >= 15 is 0 Å². The largest absolute Gasteiger partial charge is 0.486 e. The van der Waals surface area contributed by atoms with Gasteiger partial charge in [0.1, 0.15) is 19.6 Å². The molecule has 0 atom stereocenters. The van der Waals surface area contributed by atoms with Crippen LogP contribution in [0.2, 0.25) is 0 Å². The molecule has 0 unspecified atom stereocenters. The fraction of sp³-hybridized carbons (Fsp3) is 0.421. The minimum atomic E-state index is -0.223. The first kappa shape index (κ1) is 18.7. The van der Waals surface area contributed by atoms with Gasteiger partial charge in [-0.3, -0.25) is 9.59 Å². The lowest BCUT2D eigenvalue weighted by Crippen LogP contribution is -2.50. The summed E-state index contributed by atoms with van der Waals surface area (Å²) < 4.78 is 12.7. The van der Waals surface area contributed by atoms with Crippen LogP contribution in [0.4, 0.5) is 0 Å². The van der Waals surface area contributed by atoms with E-state index in [0.29, 0.717) is 56.6 Å². The van der Waals surface area contributed by atoms with E-state index in [1.807, 2.05) is 24.3 Å². The fourth-order valence-corrected chi connectivity index (χ4v) is 3.42. The molecule has 1 aromatic carbocycles. The average Bonchev–Trinajstić information content (AvgIpc) is 3.14. The molecule has 1 saturated heterocycles. The van der Waals surface area contributed by atoms with Gasteiger partial charge in [-0.1, -0.05) is 5.21 Å². The molecule has 0 aliphatic carbocycles. The number of carbonyl (C=O) groups is 2. The van der Waals surface area contributed by atoms with E-state index in [1.54, 1.807) is 21.4 Å². The summed E-state index contributed by atoms with van der Waals surface area (Å²) in [6.07, 6.45) is -0.142. The number of nitrogens with zero attached hydrogens (tertiary/aromatic N) is 6. The number of hydrogen-bond donors (Lipinski definition) is 0. The molecule has 10 heteroatoms. The molecule has 29 heavy (non-hydrogen) atoms. The summed E-state index contributed by atoms with van der Waals surface area (Å²) in [5.74, 6) is 0.881. The zero-order valence-corrected chi connectivity index (χ0v) is 16.0. The van der Waals surface area contributed by atoms with Crippen molar-refractivity contribution in [2.45, 2.75) is 13.3 Å². The molecule has 2 aliphatic rings. The van der Waals surface area contributed by atoms with E-state index in [4.69, 9.17) is 14.7 Å². The average molecular weight is 396 g/mol. The Labute approximate surface area is 167 Å². The molecule has 2 aromatic rings. The van der Waals surface area contributed by atoms with Crippen molar-refractivity contribution in [3.8, 4) is 23.3 Å². The maximum atomic E-state index is 12.9. The summed E-state index contributed by atoms with van der Waals surface area (Å²) in [6.45, 7) is 4.39. The van der Waals surface area contributed by atoms with E-state index in [9.17, 15) is 9.59 Å². The number of nitriles is 1. The van der Waals surface area contributed by atoms with Crippen LogP contribution in [0.25, 0.3) is 5.69 Å². The second-order valence-electron chi connectivity index (χ2n) is 6.77. The Balaban J connectivity index is 1.48. The smallest absolute Gasteiger partial charge is 0.276 e. The molecule has 4 rings (SSSR count). The van der Waals surface area contributed by atoms with E-state index < -0.39 is 0 Å². The predicted molar refractivity (Wildman–Crippen MR) is 99.8 cm³/mol. The Morgan fingerprint density at radius 2 is 1.79 bits per heavy atom. The van der Waals surface area contributed by atoms with Crippen LogP contribution in [0.1, 0.15) is 22.6 Å². The number of amides is 2. The lowest BCUT2D eigenvalue weighted by molar-refractivity contribution is -0.131. The number of carbonyl (C=O) groups excluding carboxylic acids is 2. The summed E-state index contributed by atoms with van der Waals surface area (Å²) in [4.78, 5) is 28.0. The van der Waals surface area contributed by atoms with Gasteiger partial charge in [-0.15, -0.1) is 5.10 Å². The van der Waals surface area contributed by atoms with Crippen LogP contribution in [0.3, 0.4) is 0 Å². The number of ether oxygens (including phenoxy) is 2. The normalized spacial score (nSPS) is 15.7. The Bertz CT molecular complexity index is 987. The van der Waals surface area contributed by atoms with E-state index in [-0.39, 0.29) is 23.9 Å². The van der Waals surface area contributed by atoms with Crippen molar-refractivity contribution in [1.29, 1.82) is 5.26 Å². The number of rotatable bonds is 3. The predicted octanol–water partition coefficient (Wildman–Crippen LogP) is 0.545. The molecule has 3 heterocycles. The summed E-state index contributed by atoms with van der Waals surface area (Å²) in [6, 6.07) is 7.32. The van der Waals surface area contributed by atoms with Crippen LogP contribution in [0.15, 0.2) is 18.2 Å². The van der Waals surface area contributed by atoms with Gasteiger partial charge in [-0.25, -0.2) is 4.68 Å². The quantitative estimate of drug-likeness (QED) is 0.744. The minimum absolute atomic E-state index is 0.142. The molecule has 2 aliphatic heterocycles. The van der Waals surface area contributed by atoms with Gasteiger partial charge in [-0.05, 0) is 19.1 Å². The minimum Gasteiger partial charge on any atom is -0.486 e. The van der Waals surface area contributed by atoms with Crippen LogP contribution in [-0.4, -0.2) is 76.0 Å². The number of hydrogen-bond acceptors (Lipinski definition) is 7. The molecule has 0 spiro atoms. The molecule has 2 amide bonds. The first-order valence-electron chi connectivity index (χ1n) is 9.35. The highest BCUT2D eigenvalue weighted by molar-refractivity contribution is 5.93. The molecule has 1 fully saturated rings. The molecule has 0 N–H and O–H groups in total. The Morgan fingerprint density at radius 1 is 1.10 bits per heavy atom. The monoisotopic (exact) mass is 396 g/mol. The Hall–Kier alpha value is -3.61. The first-order chi connectivity index (χ1) is 14.1. The molecular weight excluding hydrogens is 376 g/mol. The lowest BCUT2D eigenvalue weighted by atomic mass is 10.2. The van der Waals surface area contributed by atoms with E-state index in [2.05, 4.69) is 10.3 Å². The molecule has 0 saturated carbocycles. The lowest BCUT2D eigenvalue weighted by Gasteiger charge is -2.34. The molecule has 150 valence electrons. The molecule has 1 aromatic heterocycles. The highest BCUT2D eigenvalue weighted by Crippen LogP contribution is 2.32. The van der Waals surface area contributed by atoms with Crippen LogP contribution in [0, 0.1) is 18.3 Å². The van der Waals surface area contributed by atoms with Gasteiger partial charge in [0.05, 0.1) is 17.5 Å². The number of piperazine rings is 1. The van der Waals surface area contributed by atoms with Gasteiger partial charge < -0.3 is 19.3 Å². The van der Waals surface area contributed by atoms with Crippen molar-refractivity contribution in [2.24, 2.45) is 0 Å². The second-order valence-corrected chi connectivity index (χ2v) is 6.77. The van der Waals surface area contributed by atoms with Crippen molar-refractivity contribution in [1.82, 2.24) is 24.8 Å². The topological polar surface area (TPSA) is 114 Å². The van der Waals surface area contributed by atoms with Gasteiger partial charge in [0.25, 0.3) is 5.91 Å². The maximum Gasteiger partial charge on any atom is 0.276 e.